The molecular weight excluding hydrogens is 266 g/mol. The molecule has 0 radical (unpaired) electrons. The summed E-state index contributed by atoms with van der Waals surface area (Å²) >= 11 is 3.42. The Labute approximate surface area is 107 Å². The number of hydrogen-bond donors (Lipinski definition) is 1. The van der Waals surface area contributed by atoms with E-state index in [1.807, 2.05) is 26.8 Å². The maximum Gasteiger partial charge on any atom is 0.211 e. The summed E-state index contributed by atoms with van der Waals surface area (Å²) in [6, 6.07) is 4.14. The molecule has 0 saturated carbocycles. The van der Waals surface area contributed by atoms with Gasteiger partial charge in [0.2, 0.25) is 6.41 Å². The highest BCUT2D eigenvalue weighted by atomic mass is 79.9. The normalized spacial score (nSPS) is 9.06. The maximum absolute atomic E-state index is 10.3. The molecule has 0 aliphatic rings. The van der Waals surface area contributed by atoms with Crippen LogP contribution in [0.25, 0.3) is 0 Å². The first-order valence-electron chi connectivity index (χ1n) is 5.55. The summed E-state index contributed by atoms with van der Waals surface area (Å²) in [4.78, 5) is 10.3. The maximum atomic E-state index is 10.3. The molecule has 16 heavy (non-hydrogen) atoms. The molecule has 0 saturated heterocycles. The van der Waals surface area contributed by atoms with E-state index in [0.717, 1.165) is 23.0 Å². The van der Waals surface area contributed by atoms with Gasteiger partial charge in [0.1, 0.15) is 0 Å². The fourth-order valence-corrected chi connectivity index (χ4v) is 1.89. The van der Waals surface area contributed by atoms with Crippen molar-refractivity contribution in [3.05, 3.63) is 28.8 Å². The largest absolute Gasteiger partial charge is 0.328 e. The Bertz CT molecular complexity index is 337. The van der Waals surface area contributed by atoms with Gasteiger partial charge in [-0.15, -0.1) is 0 Å². The molecule has 1 amide bonds. The second kappa shape index (κ2) is 8.34. The standard InChI is InChI=1S/C11H14BrNO.C2H6/c1-8-6-11(13-7-14)9(2)5-10(8)3-4-12;1-2/h5-7H,3-4H2,1-2H3,(H,13,14);1-2H3. The zero-order chi connectivity index (χ0) is 12.6. The number of anilines is 1. The van der Waals surface area contributed by atoms with Crippen molar-refractivity contribution in [2.75, 3.05) is 10.6 Å². The van der Waals surface area contributed by atoms with Crippen LogP contribution in [-0.4, -0.2) is 11.7 Å². The average molecular weight is 286 g/mol. The Morgan fingerprint density at radius 3 is 2.38 bits per heavy atom. The van der Waals surface area contributed by atoms with Gasteiger partial charge in [-0.25, -0.2) is 0 Å². The quantitative estimate of drug-likeness (QED) is 0.661. The third-order valence-corrected chi connectivity index (χ3v) is 2.66. The Morgan fingerprint density at radius 2 is 1.88 bits per heavy atom. The Hall–Kier alpha value is -0.830. The van der Waals surface area contributed by atoms with Crippen LogP contribution in [0.4, 0.5) is 5.69 Å². The summed E-state index contributed by atoms with van der Waals surface area (Å²) in [7, 11) is 0. The zero-order valence-electron chi connectivity index (χ0n) is 10.4. The number of halogens is 1. The zero-order valence-corrected chi connectivity index (χ0v) is 12.0. The molecule has 1 rings (SSSR count). The third kappa shape index (κ3) is 4.35. The Balaban J connectivity index is 0.00000106. The fourth-order valence-electron chi connectivity index (χ4n) is 1.47. The van der Waals surface area contributed by atoms with E-state index in [1.165, 1.54) is 11.1 Å². The molecule has 1 aromatic carbocycles. The first-order chi connectivity index (χ1) is 7.69. The molecule has 2 nitrogen and oxygen atoms in total. The first kappa shape index (κ1) is 15.2. The molecule has 0 bridgehead atoms. The van der Waals surface area contributed by atoms with Gasteiger partial charge in [-0.05, 0) is 43.0 Å². The molecule has 0 unspecified atom stereocenters. The highest BCUT2D eigenvalue weighted by Gasteiger charge is 2.03. The topological polar surface area (TPSA) is 29.1 Å². The van der Waals surface area contributed by atoms with E-state index in [0.29, 0.717) is 6.41 Å². The molecule has 0 spiro atoms. The van der Waals surface area contributed by atoms with Gasteiger partial charge in [0, 0.05) is 11.0 Å². The van der Waals surface area contributed by atoms with Gasteiger partial charge in [-0.1, -0.05) is 35.8 Å². The van der Waals surface area contributed by atoms with Crippen molar-refractivity contribution in [2.24, 2.45) is 0 Å². The predicted octanol–water partition coefficient (Wildman–Crippen LogP) is 3.84. The number of nitrogens with one attached hydrogen (secondary N) is 1. The molecule has 0 aromatic heterocycles. The minimum absolute atomic E-state index is 0.714. The molecule has 0 atom stereocenters. The van der Waals surface area contributed by atoms with Crippen LogP contribution in [0.15, 0.2) is 12.1 Å². The van der Waals surface area contributed by atoms with E-state index in [9.17, 15) is 4.79 Å². The lowest BCUT2D eigenvalue weighted by Gasteiger charge is -2.10. The van der Waals surface area contributed by atoms with Gasteiger partial charge in [-0.2, -0.15) is 0 Å². The smallest absolute Gasteiger partial charge is 0.211 e. The van der Waals surface area contributed by atoms with E-state index in [-0.39, 0.29) is 0 Å². The van der Waals surface area contributed by atoms with Crippen LogP contribution in [0.1, 0.15) is 30.5 Å². The van der Waals surface area contributed by atoms with Gasteiger partial charge in [-0.3, -0.25) is 4.79 Å². The number of rotatable bonds is 4. The van der Waals surface area contributed by atoms with Crippen molar-refractivity contribution in [1.29, 1.82) is 0 Å². The number of carbonyl (C=O) groups is 1. The van der Waals surface area contributed by atoms with Crippen molar-refractivity contribution in [3.63, 3.8) is 0 Å². The van der Waals surface area contributed by atoms with Gasteiger partial charge >= 0.3 is 0 Å². The Kier molecular flexibility index (Phi) is 7.90. The van der Waals surface area contributed by atoms with Crippen molar-refractivity contribution in [1.82, 2.24) is 0 Å². The van der Waals surface area contributed by atoms with Gasteiger partial charge in [0.05, 0.1) is 0 Å². The number of amides is 1. The molecule has 90 valence electrons. The highest BCUT2D eigenvalue weighted by molar-refractivity contribution is 9.09. The van der Waals surface area contributed by atoms with Crippen LogP contribution in [-0.2, 0) is 11.2 Å². The molecule has 1 aromatic rings. The van der Waals surface area contributed by atoms with E-state index >= 15 is 0 Å². The summed E-state index contributed by atoms with van der Waals surface area (Å²) in [6.07, 6.45) is 1.74. The van der Waals surface area contributed by atoms with Crippen LogP contribution in [0, 0.1) is 13.8 Å². The monoisotopic (exact) mass is 285 g/mol. The van der Waals surface area contributed by atoms with Gasteiger partial charge < -0.3 is 5.32 Å². The second-order valence-electron chi connectivity index (χ2n) is 3.29. The lowest BCUT2D eigenvalue weighted by Crippen LogP contribution is -2.00. The molecular formula is C13H20BrNO. The molecule has 3 heteroatoms. The van der Waals surface area contributed by atoms with Crippen LogP contribution < -0.4 is 5.32 Å². The van der Waals surface area contributed by atoms with E-state index in [4.69, 9.17) is 0 Å². The van der Waals surface area contributed by atoms with Crippen LogP contribution in [0.2, 0.25) is 0 Å². The average Bonchev–Trinajstić information content (AvgIpc) is 2.29. The summed E-state index contributed by atoms with van der Waals surface area (Å²) in [5, 5.41) is 3.66. The lowest BCUT2D eigenvalue weighted by molar-refractivity contribution is -0.105. The third-order valence-electron chi connectivity index (χ3n) is 2.26. The molecule has 0 aliphatic carbocycles. The molecule has 0 fully saturated rings. The SMILES string of the molecule is CC.Cc1cc(NC=O)c(C)cc1CCBr. The van der Waals surface area contributed by atoms with Gasteiger partial charge in [0.25, 0.3) is 0 Å². The van der Waals surface area contributed by atoms with Crippen LogP contribution in [0.5, 0.6) is 0 Å². The summed E-state index contributed by atoms with van der Waals surface area (Å²) in [5.41, 5.74) is 4.56. The molecule has 1 N–H and O–H groups in total. The summed E-state index contributed by atoms with van der Waals surface area (Å²) in [5.74, 6) is 0. The summed E-state index contributed by atoms with van der Waals surface area (Å²) in [6.45, 7) is 8.07. The van der Waals surface area contributed by atoms with Crippen molar-refractivity contribution in [3.8, 4) is 0 Å². The lowest BCUT2D eigenvalue weighted by atomic mass is 10.0. The number of carbonyl (C=O) groups excluding carboxylic acids is 1. The van der Waals surface area contributed by atoms with Crippen molar-refractivity contribution in [2.45, 2.75) is 34.1 Å². The number of hydrogen-bond acceptors (Lipinski definition) is 1. The predicted molar refractivity (Wildman–Crippen MR) is 74.4 cm³/mol. The van der Waals surface area contributed by atoms with Gasteiger partial charge in [0.15, 0.2) is 0 Å². The van der Waals surface area contributed by atoms with E-state index in [1.54, 1.807) is 0 Å². The van der Waals surface area contributed by atoms with Crippen LogP contribution in [0.3, 0.4) is 0 Å². The fraction of sp³-hybridized carbons (Fsp3) is 0.462. The number of aryl methyl sites for hydroxylation is 3. The van der Waals surface area contributed by atoms with E-state index in [2.05, 4.69) is 34.2 Å². The second-order valence-corrected chi connectivity index (χ2v) is 4.09. The number of benzene rings is 1. The summed E-state index contributed by atoms with van der Waals surface area (Å²) < 4.78 is 0. The highest BCUT2D eigenvalue weighted by Crippen LogP contribution is 2.20. The van der Waals surface area contributed by atoms with Crippen molar-refractivity contribution >= 4 is 28.0 Å². The molecule has 0 aliphatic heterocycles. The Morgan fingerprint density at radius 1 is 1.25 bits per heavy atom. The minimum atomic E-state index is 0.714. The van der Waals surface area contributed by atoms with E-state index < -0.39 is 0 Å². The minimum Gasteiger partial charge on any atom is -0.328 e. The van der Waals surface area contributed by atoms with Crippen LogP contribution >= 0.6 is 15.9 Å². The first-order valence-corrected chi connectivity index (χ1v) is 6.67. The van der Waals surface area contributed by atoms with Crippen molar-refractivity contribution < 1.29 is 4.79 Å². The molecule has 0 heterocycles. The number of alkyl halides is 1.